The molecule has 4 nitrogen and oxygen atoms in total. The van der Waals surface area contributed by atoms with Crippen LogP contribution in [0.25, 0.3) is 0 Å². The number of esters is 1. The van der Waals surface area contributed by atoms with Gasteiger partial charge in [-0.15, -0.1) is 0 Å². The van der Waals surface area contributed by atoms with Gasteiger partial charge in [0.05, 0.1) is 12.7 Å². The number of piperazine rings is 1. The molecule has 1 heterocycles. The van der Waals surface area contributed by atoms with Crippen molar-refractivity contribution < 1.29 is 9.53 Å². The molecule has 0 radical (unpaired) electrons. The highest BCUT2D eigenvalue weighted by Crippen LogP contribution is 2.21. The molecule has 0 aliphatic carbocycles. The van der Waals surface area contributed by atoms with Gasteiger partial charge in [-0.25, -0.2) is 4.79 Å². The van der Waals surface area contributed by atoms with E-state index >= 15 is 0 Å². The lowest BCUT2D eigenvalue weighted by atomic mass is 10.1. The summed E-state index contributed by atoms with van der Waals surface area (Å²) in [6.07, 6.45) is 0. The minimum Gasteiger partial charge on any atom is -0.465 e. The van der Waals surface area contributed by atoms with E-state index in [0.717, 1.165) is 30.7 Å². The quantitative estimate of drug-likeness (QED) is 0.863. The fourth-order valence-corrected chi connectivity index (χ4v) is 2.82. The van der Waals surface area contributed by atoms with E-state index in [-0.39, 0.29) is 5.97 Å². The Labute approximate surface area is 122 Å². The highest BCUT2D eigenvalue weighted by atomic mass is 79.9. The molecule has 0 bridgehead atoms. The number of nitrogens with zero attached hydrogens (tertiary/aromatic N) is 1. The van der Waals surface area contributed by atoms with E-state index in [9.17, 15) is 4.79 Å². The second-order valence-corrected chi connectivity index (χ2v) is 5.74. The molecular weight excluding hydrogens is 308 g/mol. The first-order chi connectivity index (χ1) is 9.10. The van der Waals surface area contributed by atoms with Gasteiger partial charge in [-0.3, -0.25) is 4.90 Å². The molecule has 1 N–H and O–H groups in total. The summed E-state index contributed by atoms with van der Waals surface area (Å²) in [5.74, 6) is -0.303. The summed E-state index contributed by atoms with van der Waals surface area (Å²) >= 11 is 3.54. The van der Waals surface area contributed by atoms with Crippen molar-refractivity contribution in [1.29, 1.82) is 0 Å². The summed E-state index contributed by atoms with van der Waals surface area (Å²) in [5.41, 5.74) is 1.77. The number of ether oxygens (including phenoxy) is 1. The van der Waals surface area contributed by atoms with E-state index in [1.165, 1.54) is 12.7 Å². The normalized spacial score (nSPS) is 20.3. The van der Waals surface area contributed by atoms with Gasteiger partial charge in [0.1, 0.15) is 0 Å². The molecule has 0 amide bonds. The van der Waals surface area contributed by atoms with Gasteiger partial charge in [-0.2, -0.15) is 0 Å². The van der Waals surface area contributed by atoms with Crippen molar-refractivity contribution in [2.45, 2.75) is 19.5 Å². The summed E-state index contributed by atoms with van der Waals surface area (Å²) < 4.78 is 5.68. The minimum absolute atomic E-state index is 0.303. The molecule has 1 aromatic carbocycles. The van der Waals surface area contributed by atoms with Crippen LogP contribution in [0.4, 0.5) is 0 Å². The van der Waals surface area contributed by atoms with Gasteiger partial charge in [0, 0.05) is 36.7 Å². The van der Waals surface area contributed by atoms with Gasteiger partial charge in [0.2, 0.25) is 0 Å². The Bertz CT molecular complexity index is 465. The van der Waals surface area contributed by atoms with Crippen LogP contribution in [0.5, 0.6) is 0 Å². The van der Waals surface area contributed by atoms with E-state index in [1.54, 1.807) is 0 Å². The molecule has 0 saturated carbocycles. The predicted molar refractivity (Wildman–Crippen MR) is 78.2 cm³/mol. The zero-order valence-corrected chi connectivity index (χ0v) is 12.9. The number of methoxy groups -OCH3 is 1. The number of hydrogen-bond donors (Lipinski definition) is 1. The van der Waals surface area contributed by atoms with Crippen molar-refractivity contribution in [3.8, 4) is 0 Å². The third-order valence-corrected chi connectivity index (χ3v) is 4.06. The van der Waals surface area contributed by atoms with Crippen molar-refractivity contribution in [2.75, 3.05) is 26.7 Å². The molecule has 1 aliphatic rings. The number of nitrogens with one attached hydrogen (secondary N) is 1. The van der Waals surface area contributed by atoms with Gasteiger partial charge in [-0.1, -0.05) is 22.0 Å². The fraction of sp³-hybridized carbons (Fsp3) is 0.500. The zero-order valence-electron chi connectivity index (χ0n) is 11.3. The summed E-state index contributed by atoms with van der Waals surface area (Å²) in [4.78, 5) is 13.9. The second kappa shape index (κ2) is 6.50. The molecule has 19 heavy (non-hydrogen) atoms. The number of halogens is 1. The standard InChI is InChI=1S/C14H19BrN2O2/c1-10-8-17(6-5-16-10)9-12-4-3-11(7-13(12)15)14(18)19-2/h3-4,7,10,16H,5-6,8-9H2,1-2H3/t10-/m0/s1. The van der Waals surface area contributed by atoms with Crippen molar-refractivity contribution >= 4 is 21.9 Å². The van der Waals surface area contributed by atoms with Crippen LogP contribution < -0.4 is 5.32 Å². The van der Waals surface area contributed by atoms with Gasteiger partial charge in [-0.05, 0) is 24.6 Å². The molecule has 0 unspecified atom stereocenters. The fourth-order valence-electron chi connectivity index (χ4n) is 2.32. The highest BCUT2D eigenvalue weighted by Gasteiger charge is 2.17. The first-order valence-electron chi connectivity index (χ1n) is 6.42. The maximum Gasteiger partial charge on any atom is 0.337 e. The SMILES string of the molecule is COC(=O)c1ccc(CN2CCN[C@@H](C)C2)c(Br)c1. The van der Waals surface area contributed by atoms with Crippen LogP contribution in [0.3, 0.4) is 0 Å². The number of hydrogen-bond acceptors (Lipinski definition) is 4. The zero-order chi connectivity index (χ0) is 13.8. The lowest BCUT2D eigenvalue weighted by molar-refractivity contribution is 0.0600. The van der Waals surface area contributed by atoms with Gasteiger partial charge < -0.3 is 10.1 Å². The van der Waals surface area contributed by atoms with Crippen molar-refractivity contribution in [3.63, 3.8) is 0 Å². The van der Waals surface area contributed by atoms with Crippen LogP contribution in [0.1, 0.15) is 22.8 Å². The largest absolute Gasteiger partial charge is 0.465 e. The summed E-state index contributed by atoms with van der Waals surface area (Å²) in [6.45, 7) is 6.22. The van der Waals surface area contributed by atoms with E-state index < -0.39 is 0 Å². The predicted octanol–water partition coefficient (Wildman–Crippen LogP) is 2.03. The maximum absolute atomic E-state index is 11.4. The lowest BCUT2D eigenvalue weighted by Crippen LogP contribution is -2.48. The number of rotatable bonds is 3. The third kappa shape index (κ3) is 3.78. The molecule has 5 heteroatoms. The highest BCUT2D eigenvalue weighted by molar-refractivity contribution is 9.10. The Morgan fingerprint density at radius 1 is 1.58 bits per heavy atom. The van der Waals surface area contributed by atoms with Crippen molar-refractivity contribution in [3.05, 3.63) is 33.8 Å². The molecule has 0 spiro atoms. The van der Waals surface area contributed by atoms with Crippen LogP contribution in [0.2, 0.25) is 0 Å². The molecule has 104 valence electrons. The van der Waals surface area contributed by atoms with Crippen molar-refractivity contribution in [2.24, 2.45) is 0 Å². The molecule has 1 atom stereocenters. The summed E-state index contributed by atoms with van der Waals surface area (Å²) in [7, 11) is 1.40. The van der Waals surface area contributed by atoms with Gasteiger partial charge in [0.15, 0.2) is 0 Å². The maximum atomic E-state index is 11.4. The summed E-state index contributed by atoms with van der Waals surface area (Å²) in [6, 6.07) is 6.16. The molecule has 1 saturated heterocycles. The molecular formula is C14H19BrN2O2. The molecule has 0 aromatic heterocycles. The van der Waals surface area contributed by atoms with E-state index in [2.05, 4.69) is 33.1 Å². The number of benzene rings is 1. The molecule has 1 fully saturated rings. The first-order valence-corrected chi connectivity index (χ1v) is 7.22. The Morgan fingerprint density at radius 3 is 3.00 bits per heavy atom. The molecule has 2 rings (SSSR count). The van der Waals surface area contributed by atoms with Crippen molar-refractivity contribution in [1.82, 2.24) is 10.2 Å². The van der Waals surface area contributed by atoms with E-state index in [1.807, 2.05) is 18.2 Å². The smallest absolute Gasteiger partial charge is 0.337 e. The average molecular weight is 327 g/mol. The van der Waals surface area contributed by atoms with Crippen LogP contribution in [-0.4, -0.2) is 43.7 Å². The van der Waals surface area contributed by atoms with Gasteiger partial charge >= 0.3 is 5.97 Å². The summed E-state index contributed by atoms with van der Waals surface area (Å²) in [5, 5.41) is 3.43. The Hall–Kier alpha value is -0.910. The van der Waals surface area contributed by atoms with Gasteiger partial charge in [0.25, 0.3) is 0 Å². The average Bonchev–Trinajstić information content (AvgIpc) is 2.40. The van der Waals surface area contributed by atoms with E-state index in [4.69, 9.17) is 4.74 Å². The van der Waals surface area contributed by atoms with Crippen LogP contribution in [0, 0.1) is 0 Å². The minimum atomic E-state index is -0.303. The monoisotopic (exact) mass is 326 g/mol. The van der Waals surface area contributed by atoms with Crippen LogP contribution >= 0.6 is 15.9 Å². The molecule has 1 aromatic rings. The van der Waals surface area contributed by atoms with Crippen LogP contribution in [-0.2, 0) is 11.3 Å². The Morgan fingerprint density at radius 2 is 2.37 bits per heavy atom. The first kappa shape index (κ1) is 14.5. The third-order valence-electron chi connectivity index (χ3n) is 3.32. The van der Waals surface area contributed by atoms with Crippen LogP contribution in [0.15, 0.2) is 22.7 Å². The Kier molecular flexibility index (Phi) is 4.96. The molecule has 1 aliphatic heterocycles. The lowest BCUT2D eigenvalue weighted by Gasteiger charge is -2.32. The topological polar surface area (TPSA) is 41.6 Å². The van der Waals surface area contributed by atoms with E-state index in [0.29, 0.717) is 11.6 Å². The number of carbonyl (C=O) groups excluding carboxylic acids is 1. The Balaban J connectivity index is 2.06. The number of carbonyl (C=O) groups is 1. The second-order valence-electron chi connectivity index (χ2n) is 4.89.